The van der Waals surface area contributed by atoms with Crippen LogP contribution < -0.4 is 5.32 Å². The minimum atomic E-state index is -0.539. The van der Waals surface area contributed by atoms with Gasteiger partial charge in [0.15, 0.2) is 5.78 Å². The Morgan fingerprint density at radius 2 is 1.62 bits per heavy atom. The molecule has 0 saturated heterocycles. The van der Waals surface area contributed by atoms with E-state index < -0.39 is 6.04 Å². The predicted octanol–water partition coefficient (Wildman–Crippen LogP) is 3.81. The molecule has 2 aromatic carbocycles. The Kier molecular flexibility index (Phi) is 6.50. The number of rotatable bonds is 8. The van der Waals surface area contributed by atoms with Crippen LogP contribution in [0, 0.1) is 5.92 Å². The number of allylic oxidation sites excluding steroid dienone is 1. The molecule has 0 heterocycles. The van der Waals surface area contributed by atoms with E-state index in [1.54, 1.807) is 18.2 Å². The molecular weight excluding hydrogens is 298 g/mol. The van der Waals surface area contributed by atoms with Crippen LogP contribution in [0.5, 0.6) is 0 Å². The SMILES string of the molecule is C=CC(C)CC(=O)[C@H](Cc1ccccc1)NC(=O)c1ccccc1. The molecule has 24 heavy (non-hydrogen) atoms. The smallest absolute Gasteiger partial charge is 0.251 e. The Morgan fingerprint density at radius 1 is 1.04 bits per heavy atom. The second-order valence-corrected chi connectivity index (χ2v) is 5.97. The lowest BCUT2D eigenvalue weighted by molar-refractivity contribution is -0.121. The molecule has 0 spiro atoms. The zero-order valence-electron chi connectivity index (χ0n) is 13.9. The van der Waals surface area contributed by atoms with E-state index in [0.29, 0.717) is 18.4 Å². The number of nitrogens with one attached hydrogen (secondary N) is 1. The number of ketones is 1. The fourth-order valence-corrected chi connectivity index (χ4v) is 2.47. The Morgan fingerprint density at radius 3 is 2.21 bits per heavy atom. The monoisotopic (exact) mass is 321 g/mol. The van der Waals surface area contributed by atoms with Crippen LogP contribution in [0.2, 0.25) is 0 Å². The van der Waals surface area contributed by atoms with E-state index in [0.717, 1.165) is 5.56 Å². The molecule has 0 aromatic heterocycles. The van der Waals surface area contributed by atoms with Gasteiger partial charge in [0.25, 0.3) is 5.91 Å². The molecule has 2 rings (SSSR count). The van der Waals surface area contributed by atoms with Gasteiger partial charge >= 0.3 is 0 Å². The molecule has 0 aliphatic heterocycles. The number of Topliss-reactive ketones (excluding diaryl/α,β-unsaturated/α-hetero) is 1. The van der Waals surface area contributed by atoms with Crippen molar-refractivity contribution in [1.29, 1.82) is 0 Å². The van der Waals surface area contributed by atoms with Crippen LogP contribution in [0.4, 0.5) is 0 Å². The van der Waals surface area contributed by atoms with Crippen molar-refractivity contribution in [3.05, 3.63) is 84.4 Å². The van der Waals surface area contributed by atoms with Crippen LogP contribution in [0.1, 0.15) is 29.3 Å². The molecule has 2 aromatic rings. The first kappa shape index (κ1) is 17.7. The molecule has 3 heteroatoms. The van der Waals surface area contributed by atoms with Crippen molar-refractivity contribution in [2.45, 2.75) is 25.8 Å². The van der Waals surface area contributed by atoms with E-state index in [1.165, 1.54) is 0 Å². The van der Waals surface area contributed by atoms with Crippen LogP contribution in [0.15, 0.2) is 73.3 Å². The van der Waals surface area contributed by atoms with Crippen molar-refractivity contribution < 1.29 is 9.59 Å². The Balaban J connectivity index is 2.14. The molecule has 3 nitrogen and oxygen atoms in total. The lowest BCUT2D eigenvalue weighted by Gasteiger charge is -2.19. The van der Waals surface area contributed by atoms with E-state index in [-0.39, 0.29) is 17.6 Å². The average Bonchev–Trinajstić information content (AvgIpc) is 2.62. The molecule has 0 saturated carbocycles. The lowest BCUT2D eigenvalue weighted by atomic mass is 9.95. The third kappa shape index (κ3) is 5.20. The summed E-state index contributed by atoms with van der Waals surface area (Å²) in [5.41, 5.74) is 1.58. The highest BCUT2D eigenvalue weighted by Crippen LogP contribution is 2.11. The summed E-state index contributed by atoms with van der Waals surface area (Å²) in [6.07, 6.45) is 2.62. The van der Waals surface area contributed by atoms with Crippen molar-refractivity contribution in [3.63, 3.8) is 0 Å². The minimum absolute atomic E-state index is 0.0236. The molecule has 0 bridgehead atoms. The minimum Gasteiger partial charge on any atom is -0.342 e. The Bertz CT molecular complexity index is 679. The van der Waals surface area contributed by atoms with Gasteiger partial charge in [0.05, 0.1) is 6.04 Å². The van der Waals surface area contributed by atoms with Gasteiger partial charge in [-0.05, 0) is 30.0 Å². The fraction of sp³-hybridized carbons (Fsp3) is 0.238. The Hall–Kier alpha value is -2.68. The zero-order valence-corrected chi connectivity index (χ0v) is 13.9. The lowest BCUT2D eigenvalue weighted by Crippen LogP contribution is -2.42. The topological polar surface area (TPSA) is 46.2 Å². The van der Waals surface area contributed by atoms with Crippen molar-refractivity contribution in [2.75, 3.05) is 0 Å². The molecule has 1 N–H and O–H groups in total. The molecular formula is C21H23NO2. The van der Waals surface area contributed by atoms with Gasteiger partial charge in [-0.25, -0.2) is 0 Å². The van der Waals surface area contributed by atoms with Crippen LogP contribution in [-0.2, 0) is 11.2 Å². The Labute approximate surface area is 143 Å². The van der Waals surface area contributed by atoms with E-state index in [2.05, 4.69) is 11.9 Å². The van der Waals surface area contributed by atoms with Crippen LogP contribution in [0.25, 0.3) is 0 Å². The molecule has 0 aliphatic carbocycles. The number of hydrogen-bond donors (Lipinski definition) is 1. The van der Waals surface area contributed by atoms with Gasteiger partial charge in [-0.15, -0.1) is 6.58 Å². The largest absolute Gasteiger partial charge is 0.342 e. The maximum Gasteiger partial charge on any atom is 0.251 e. The van der Waals surface area contributed by atoms with Gasteiger partial charge in [-0.1, -0.05) is 61.5 Å². The molecule has 124 valence electrons. The maximum absolute atomic E-state index is 12.6. The number of carbonyl (C=O) groups is 2. The molecule has 0 radical (unpaired) electrons. The second-order valence-electron chi connectivity index (χ2n) is 5.97. The van der Waals surface area contributed by atoms with E-state index in [9.17, 15) is 9.59 Å². The summed E-state index contributed by atoms with van der Waals surface area (Å²) >= 11 is 0. The van der Waals surface area contributed by atoms with Gasteiger partial charge < -0.3 is 5.32 Å². The van der Waals surface area contributed by atoms with E-state index >= 15 is 0 Å². The molecule has 1 amide bonds. The van der Waals surface area contributed by atoms with Crippen LogP contribution in [0.3, 0.4) is 0 Å². The van der Waals surface area contributed by atoms with E-state index in [4.69, 9.17) is 0 Å². The van der Waals surface area contributed by atoms with E-state index in [1.807, 2.05) is 55.5 Å². The number of amides is 1. The van der Waals surface area contributed by atoms with Crippen molar-refractivity contribution in [3.8, 4) is 0 Å². The summed E-state index contributed by atoms with van der Waals surface area (Å²) < 4.78 is 0. The van der Waals surface area contributed by atoms with Crippen LogP contribution >= 0.6 is 0 Å². The normalized spacial score (nSPS) is 12.9. The zero-order chi connectivity index (χ0) is 17.4. The fourth-order valence-electron chi connectivity index (χ4n) is 2.47. The molecule has 1 unspecified atom stereocenters. The number of benzene rings is 2. The van der Waals surface area contributed by atoms with Gasteiger partial charge in [0.1, 0.15) is 0 Å². The number of carbonyl (C=O) groups excluding carboxylic acids is 2. The summed E-state index contributed by atoms with van der Waals surface area (Å²) in [6.45, 7) is 5.67. The predicted molar refractivity (Wildman–Crippen MR) is 96.8 cm³/mol. The highest BCUT2D eigenvalue weighted by Gasteiger charge is 2.22. The van der Waals surface area contributed by atoms with Crippen molar-refractivity contribution in [2.24, 2.45) is 5.92 Å². The highest BCUT2D eigenvalue weighted by atomic mass is 16.2. The van der Waals surface area contributed by atoms with Crippen molar-refractivity contribution >= 4 is 11.7 Å². The molecule has 0 fully saturated rings. The van der Waals surface area contributed by atoms with Gasteiger partial charge in [-0.2, -0.15) is 0 Å². The maximum atomic E-state index is 12.6. The summed E-state index contributed by atoms with van der Waals surface area (Å²) in [4.78, 5) is 25.0. The summed E-state index contributed by atoms with van der Waals surface area (Å²) in [6, 6.07) is 18.1. The molecule has 0 aliphatic rings. The van der Waals surface area contributed by atoms with Gasteiger partial charge in [-0.3, -0.25) is 9.59 Å². The molecule has 2 atom stereocenters. The number of hydrogen-bond acceptors (Lipinski definition) is 2. The summed E-state index contributed by atoms with van der Waals surface area (Å²) in [7, 11) is 0. The summed E-state index contributed by atoms with van der Waals surface area (Å²) in [5, 5.41) is 2.89. The third-order valence-electron chi connectivity index (χ3n) is 3.94. The van der Waals surface area contributed by atoms with Crippen LogP contribution in [-0.4, -0.2) is 17.7 Å². The second kappa shape index (κ2) is 8.82. The first-order valence-electron chi connectivity index (χ1n) is 8.15. The quantitative estimate of drug-likeness (QED) is 0.752. The highest BCUT2D eigenvalue weighted by molar-refractivity contribution is 5.98. The third-order valence-corrected chi connectivity index (χ3v) is 3.94. The van der Waals surface area contributed by atoms with Gasteiger partial charge in [0.2, 0.25) is 0 Å². The van der Waals surface area contributed by atoms with Gasteiger partial charge in [0, 0.05) is 12.0 Å². The average molecular weight is 321 g/mol. The van der Waals surface area contributed by atoms with Crippen molar-refractivity contribution in [1.82, 2.24) is 5.32 Å². The first-order valence-corrected chi connectivity index (χ1v) is 8.15. The standard InChI is InChI=1S/C21H23NO2/c1-3-16(2)14-20(23)19(15-17-10-6-4-7-11-17)22-21(24)18-12-8-5-9-13-18/h3-13,16,19H,1,14-15H2,2H3,(H,22,24)/t16?,19-/m0/s1. The first-order chi connectivity index (χ1) is 11.6. The summed E-state index contributed by atoms with van der Waals surface area (Å²) in [5.74, 6) is -0.115.